The van der Waals surface area contributed by atoms with Crippen LogP contribution in [0.1, 0.15) is 5.82 Å². The van der Waals surface area contributed by atoms with Gasteiger partial charge >= 0.3 is 0 Å². The molecule has 3 nitrogen and oxygen atoms in total. The molecule has 3 rings (SSSR count). The van der Waals surface area contributed by atoms with Crippen LogP contribution in [0.25, 0.3) is 16.9 Å². The molecular weight excluding hydrogens is 288 g/mol. The highest BCUT2D eigenvalue weighted by molar-refractivity contribution is 6.32. The molecule has 1 aromatic carbocycles. The van der Waals surface area contributed by atoms with Crippen LogP contribution in [0.3, 0.4) is 0 Å². The number of imidazole rings is 1. The fourth-order valence-electron chi connectivity index (χ4n) is 1.99. The molecule has 0 saturated heterocycles. The van der Waals surface area contributed by atoms with Crippen LogP contribution in [0.5, 0.6) is 0 Å². The Morgan fingerprint density at radius 2 is 2.05 bits per heavy atom. The third-order valence-electron chi connectivity index (χ3n) is 2.77. The summed E-state index contributed by atoms with van der Waals surface area (Å²) >= 11 is 12.0. The van der Waals surface area contributed by atoms with E-state index in [-0.39, 0.29) is 16.6 Å². The summed E-state index contributed by atoms with van der Waals surface area (Å²) in [5, 5.41) is 0.288. The van der Waals surface area contributed by atoms with E-state index in [9.17, 15) is 4.39 Å². The Morgan fingerprint density at radius 3 is 2.79 bits per heavy atom. The first-order chi connectivity index (χ1) is 9.22. The van der Waals surface area contributed by atoms with Crippen molar-refractivity contribution in [2.24, 2.45) is 0 Å². The molecule has 0 saturated carbocycles. The lowest BCUT2D eigenvalue weighted by Crippen LogP contribution is -2.03. The van der Waals surface area contributed by atoms with Gasteiger partial charge in [0.15, 0.2) is 5.65 Å². The van der Waals surface area contributed by atoms with Gasteiger partial charge in [-0.15, -0.1) is 11.6 Å². The second-order valence-electron chi connectivity index (χ2n) is 3.91. The summed E-state index contributed by atoms with van der Waals surface area (Å²) in [7, 11) is 0. The Hall–Kier alpha value is -1.65. The Labute approximate surface area is 118 Å². The molecule has 0 spiro atoms. The number of pyridine rings is 1. The molecule has 3 aromatic rings. The van der Waals surface area contributed by atoms with E-state index in [1.54, 1.807) is 35.0 Å². The minimum atomic E-state index is -0.441. The number of alkyl halides is 1. The first kappa shape index (κ1) is 12.4. The molecule has 0 aliphatic rings. The average molecular weight is 296 g/mol. The van der Waals surface area contributed by atoms with Crippen molar-refractivity contribution in [3.05, 3.63) is 53.2 Å². The number of benzene rings is 1. The van der Waals surface area contributed by atoms with Crippen LogP contribution in [0.4, 0.5) is 4.39 Å². The second kappa shape index (κ2) is 4.79. The van der Waals surface area contributed by atoms with Gasteiger partial charge in [0.2, 0.25) is 0 Å². The van der Waals surface area contributed by atoms with Crippen molar-refractivity contribution in [1.82, 2.24) is 14.5 Å². The highest BCUT2D eigenvalue weighted by Gasteiger charge is 2.17. The molecule has 0 unspecified atom stereocenters. The van der Waals surface area contributed by atoms with Crippen LogP contribution in [-0.2, 0) is 5.88 Å². The van der Waals surface area contributed by atoms with E-state index in [4.69, 9.17) is 23.2 Å². The number of aromatic nitrogens is 3. The summed E-state index contributed by atoms with van der Waals surface area (Å²) in [6.07, 6.45) is 1.62. The zero-order valence-electron chi connectivity index (χ0n) is 9.65. The van der Waals surface area contributed by atoms with Gasteiger partial charge in [0.05, 0.1) is 10.9 Å². The van der Waals surface area contributed by atoms with Crippen molar-refractivity contribution in [1.29, 1.82) is 0 Å². The molecule has 0 aliphatic heterocycles. The van der Waals surface area contributed by atoms with E-state index in [0.717, 1.165) is 0 Å². The molecule has 0 N–H and O–H groups in total. The van der Waals surface area contributed by atoms with Crippen LogP contribution < -0.4 is 0 Å². The number of fused-ring (bicyclic) bond motifs is 1. The summed E-state index contributed by atoms with van der Waals surface area (Å²) in [5.41, 5.74) is 1.41. The van der Waals surface area contributed by atoms with Crippen molar-refractivity contribution in [2.75, 3.05) is 0 Å². The van der Waals surface area contributed by atoms with Crippen LogP contribution in [0, 0.1) is 5.82 Å². The molecule has 0 amide bonds. The smallest absolute Gasteiger partial charge is 0.164 e. The lowest BCUT2D eigenvalue weighted by atomic mass is 10.3. The van der Waals surface area contributed by atoms with E-state index in [0.29, 0.717) is 17.0 Å². The standard InChI is InChI=1S/C13H8Cl2FN3/c14-7-11-18-10-5-2-6-17-13(10)19(11)12-8(15)3-1-4-9(12)16/h1-6H,7H2. The summed E-state index contributed by atoms with van der Waals surface area (Å²) in [5.74, 6) is 0.201. The van der Waals surface area contributed by atoms with E-state index < -0.39 is 5.82 Å². The lowest BCUT2D eigenvalue weighted by molar-refractivity contribution is 0.617. The Kier molecular flexibility index (Phi) is 3.12. The minimum Gasteiger partial charge on any atom is -0.275 e. The van der Waals surface area contributed by atoms with E-state index in [1.165, 1.54) is 6.07 Å². The molecule has 0 bridgehead atoms. The van der Waals surface area contributed by atoms with Crippen LogP contribution in [0.2, 0.25) is 5.02 Å². The van der Waals surface area contributed by atoms with E-state index in [2.05, 4.69) is 9.97 Å². The van der Waals surface area contributed by atoms with Crippen LogP contribution in [-0.4, -0.2) is 14.5 Å². The van der Waals surface area contributed by atoms with E-state index in [1.807, 2.05) is 0 Å². The molecule has 0 atom stereocenters. The monoisotopic (exact) mass is 295 g/mol. The normalized spacial score (nSPS) is 11.1. The van der Waals surface area contributed by atoms with Crippen molar-refractivity contribution in [3.63, 3.8) is 0 Å². The minimum absolute atomic E-state index is 0.140. The van der Waals surface area contributed by atoms with E-state index >= 15 is 0 Å². The largest absolute Gasteiger partial charge is 0.275 e. The number of halogens is 3. The fraction of sp³-hybridized carbons (Fsp3) is 0.0769. The second-order valence-corrected chi connectivity index (χ2v) is 4.59. The number of hydrogen-bond acceptors (Lipinski definition) is 2. The Bertz CT molecular complexity index is 734. The predicted molar refractivity (Wildman–Crippen MR) is 73.4 cm³/mol. The van der Waals surface area contributed by atoms with Gasteiger partial charge in [0, 0.05) is 6.20 Å². The number of rotatable bonds is 2. The molecule has 2 heterocycles. The van der Waals surface area contributed by atoms with Gasteiger partial charge in [-0.2, -0.15) is 0 Å². The van der Waals surface area contributed by atoms with Crippen LogP contribution in [0.15, 0.2) is 36.5 Å². The molecule has 0 fully saturated rings. The third-order valence-corrected chi connectivity index (χ3v) is 3.31. The SMILES string of the molecule is Fc1cccc(Cl)c1-n1c(CCl)nc2cccnc21. The molecule has 2 aromatic heterocycles. The maximum absolute atomic E-state index is 14.1. The number of para-hydroxylation sites is 1. The van der Waals surface area contributed by atoms with Crippen molar-refractivity contribution < 1.29 is 4.39 Å². The summed E-state index contributed by atoms with van der Waals surface area (Å²) in [6, 6.07) is 8.07. The lowest BCUT2D eigenvalue weighted by Gasteiger charge is -2.10. The number of nitrogens with zero attached hydrogens (tertiary/aromatic N) is 3. The molecule has 96 valence electrons. The molecule has 0 aliphatic carbocycles. The van der Waals surface area contributed by atoms with Crippen molar-refractivity contribution in [3.8, 4) is 5.69 Å². The Balaban J connectivity index is 2.41. The van der Waals surface area contributed by atoms with Gasteiger partial charge in [0.1, 0.15) is 22.8 Å². The van der Waals surface area contributed by atoms with Gasteiger partial charge in [-0.05, 0) is 24.3 Å². The number of hydrogen-bond donors (Lipinski definition) is 0. The van der Waals surface area contributed by atoms with Gasteiger partial charge in [0.25, 0.3) is 0 Å². The maximum atomic E-state index is 14.1. The summed E-state index contributed by atoms with van der Waals surface area (Å²) in [6.45, 7) is 0. The molecule has 19 heavy (non-hydrogen) atoms. The maximum Gasteiger partial charge on any atom is 0.164 e. The first-order valence-corrected chi connectivity index (χ1v) is 6.46. The highest BCUT2D eigenvalue weighted by atomic mass is 35.5. The van der Waals surface area contributed by atoms with Gasteiger partial charge in [-0.25, -0.2) is 14.4 Å². The van der Waals surface area contributed by atoms with Gasteiger partial charge in [-0.1, -0.05) is 17.7 Å². The quantitative estimate of drug-likeness (QED) is 0.670. The molecule has 0 radical (unpaired) electrons. The zero-order valence-corrected chi connectivity index (χ0v) is 11.2. The summed E-state index contributed by atoms with van der Waals surface area (Å²) in [4.78, 5) is 8.56. The zero-order chi connectivity index (χ0) is 13.4. The average Bonchev–Trinajstić information content (AvgIpc) is 2.77. The summed E-state index contributed by atoms with van der Waals surface area (Å²) < 4.78 is 15.6. The predicted octanol–water partition coefficient (Wildman–Crippen LogP) is 3.95. The first-order valence-electron chi connectivity index (χ1n) is 5.55. The third kappa shape index (κ3) is 1.97. The van der Waals surface area contributed by atoms with Gasteiger partial charge < -0.3 is 0 Å². The Morgan fingerprint density at radius 1 is 1.21 bits per heavy atom. The van der Waals surface area contributed by atoms with Gasteiger partial charge in [-0.3, -0.25) is 4.57 Å². The molecular formula is C13H8Cl2FN3. The van der Waals surface area contributed by atoms with Crippen molar-refractivity contribution >= 4 is 34.4 Å². The highest BCUT2D eigenvalue weighted by Crippen LogP contribution is 2.28. The van der Waals surface area contributed by atoms with Crippen molar-refractivity contribution in [2.45, 2.75) is 5.88 Å². The molecule has 6 heteroatoms. The fourth-order valence-corrected chi connectivity index (χ4v) is 2.41. The topological polar surface area (TPSA) is 30.7 Å². The van der Waals surface area contributed by atoms with Crippen LogP contribution >= 0.6 is 23.2 Å².